The van der Waals surface area contributed by atoms with E-state index in [1.54, 1.807) is 14.0 Å². The zero-order valence-corrected chi connectivity index (χ0v) is 23.9. The molecule has 1 aromatic heterocycles. The molecule has 0 amide bonds. The number of aromatic nitrogens is 1. The third-order valence-electron chi connectivity index (χ3n) is 6.50. The van der Waals surface area contributed by atoms with Gasteiger partial charge in [0.2, 0.25) is 0 Å². The Balaban J connectivity index is 1.68. The summed E-state index contributed by atoms with van der Waals surface area (Å²) in [4.78, 5) is 16.8. The van der Waals surface area contributed by atoms with Crippen LogP contribution >= 0.6 is 0 Å². The summed E-state index contributed by atoms with van der Waals surface area (Å²) >= 11 is 0. The van der Waals surface area contributed by atoms with E-state index in [1.807, 2.05) is 55.6 Å². The highest BCUT2D eigenvalue weighted by atomic mass is 16.6. The fraction of sp³-hybridized carbons (Fsp3) is 0.500. The molecular formula is C32H43NO6. The average molecular weight is 538 g/mol. The van der Waals surface area contributed by atoms with Gasteiger partial charge in [0.1, 0.15) is 23.9 Å². The first-order valence-electron chi connectivity index (χ1n) is 14.2. The number of carbonyl (C=O) groups excluding carboxylic acids is 1. The van der Waals surface area contributed by atoms with E-state index in [1.165, 1.54) is 25.7 Å². The summed E-state index contributed by atoms with van der Waals surface area (Å²) in [6, 6.07) is 13.5. The number of hydrogen-bond donors (Lipinski definition) is 0. The molecule has 1 atom stereocenters. The number of esters is 1. The zero-order chi connectivity index (χ0) is 27.9. The van der Waals surface area contributed by atoms with Crippen molar-refractivity contribution in [3.05, 3.63) is 59.8 Å². The number of carbonyl (C=O) groups is 1. The van der Waals surface area contributed by atoms with Crippen LogP contribution in [0.4, 0.5) is 0 Å². The molecule has 0 saturated heterocycles. The number of pyridine rings is 1. The number of hydrogen-bond acceptors (Lipinski definition) is 7. The molecule has 212 valence electrons. The van der Waals surface area contributed by atoms with Gasteiger partial charge in [-0.05, 0) is 56.2 Å². The molecule has 0 aliphatic heterocycles. The number of benzene rings is 2. The Morgan fingerprint density at radius 2 is 1.62 bits per heavy atom. The minimum absolute atomic E-state index is 0.315. The highest BCUT2D eigenvalue weighted by Gasteiger charge is 2.20. The van der Waals surface area contributed by atoms with Gasteiger partial charge < -0.3 is 23.7 Å². The minimum Gasteiger partial charge on any atom is -0.497 e. The van der Waals surface area contributed by atoms with Gasteiger partial charge in [-0.2, -0.15) is 0 Å². The van der Waals surface area contributed by atoms with E-state index in [0.717, 1.165) is 52.1 Å². The lowest BCUT2D eigenvalue weighted by Gasteiger charge is -2.16. The van der Waals surface area contributed by atoms with Gasteiger partial charge in [0, 0.05) is 24.6 Å². The van der Waals surface area contributed by atoms with Gasteiger partial charge in [0.05, 0.1) is 31.4 Å². The standard InChI is InChI=1S/C32H43NO6/c1-5-8-9-10-11-12-19-38-31-25(22-33-29-18-17-27(35-4)21-28(29)31)23-39-26-15-13-24(14-16-26)20-30(36-6-2)32(34)37-7-3/h13-18,21-22,30H,5-12,19-20,23H2,1-4H3. The fourth-order valence-electron chi connectivity index (χ4n) is 4.39. The molecule has 0 bridgehead atoms. The molecule has 3 aromatic rings. The van der Waals surface area contributed by atoms with Crippen molar-refractivity contribution in [2.45, 2.75) is 78.4 Å². The molecular weight excluding hydrogens is 494 g/mol. The van der Waals surface area contributed by atoms with Gasteiger partial charge in [-0.15, -0.1) is 0 Å². The summed E-state index contributed by atoms with van der Waals surface area (Å²) in [6.07, 6.45) is 8.86. The van der Waals surface area contributed by atoms with E-state index < -0.39 is 6.10 Å². The Hall–Kier alpha value is -3.32. The first-order valence-corrected chi connectivity index (χ1v) is 14.2. The third kappa shape index (κ3) is 9.43. The largest absolute Gasteiger partial charge is 0.497 e. The Kier molecular flexibility index (Phi) is 12.9. The SMILES string of the molecule is CCCCCCCCOc1c(COc2ccc(CC(OCC)C(=O)OCC)cc2)cnc2ccc(OC)cc12. The second kappa shape index (κ2) is 16.6. The number of methoxy groups -OCH3 is 1. The second-order valence-electron chi connectivity index (χ2n) is 9.44. The summed E-state index contributed by atoms with van der Waals surface area (Å²) in [7, 11) is 1.66. The van der Waals surface area contributed by atoms with Crippen LogP contribution in [0, 0.1) is 0 Å². The number of fused-ring (bicyclic) bond motifs is 1. The van der Waals surface area contributed by atoms with Crippen molar-refractivity contribution >= 4 is 16.9 Å². The molecule has 3 rings (SSSR count). The maximum absolute atomic E-state index is 12.2. The van der Waals surface area contributed by atoms with Gasteiger partial charge >= 0.3 is 5.97 Å². The highest BCUT2D eigenvalue weighted by molar-refractivity contribution is 5.87. The lowest BCUT2D eigenvalue weighted by Crippen LogP contribution is -2.28. The maximum Gasteiger partial charge on any atom is 0.335 e. The Labute approximate surface area is 232 Å². The topological polar surface area (TPSA) is 76.1 Å². The van der Waals surface area contributed by atoms with E-state index in [9.17, 15) is 4.79 Å². The quantitative estimate of drug-likeness (QED) is 0.127. The smallest absolute Gasteiger partial charge is 0.335 e. The first kappa shape index (κ1) is 30.2. The molecule has 1 unspecified atom stereocenters. The normalized spacial score (nSPS) is 11.8. The average Bonchev–Trinajstić information content (AvgIpc) is 2.96. The monoisotopic (exact) mass is 537 g/mol. The zero-order valence-electron chi connectivity index (χ0n) is 23.9. The lowest BCUT2D eigenvalue weighted by atomic mass is 10.1. The summed E-state index contributed by atoms with van der Waals surface area (Å²) < 4.78 is 28.7. The molecule has 0 spiro atoms. The van der Waals surface area contributed by atoms with Crippen LogP contribution in [0.2, 0.25) is 0 Å². The Morgan fingerprint density at radius 3 is 2.33 bits per heavy atom. The molecule has 2 aromatic carbocycles. The Morgan fingerprint density at radius 1 is 0.872 bits per heavy atom. The predicted molar refractivity (Wildman–Crippen MR) is 154 cm³/mol. The molecule has 0 saturated carbocycles. The number of ether oxygens (including phenoxy) is 5. The van der Waals surface area contributed by atoms with E-state index in [2.05, 4.69) is 11.9 Å². The van der Waals surface area contributed by atoms with Gasteiger partial charge in [-0.25, -0.2) is 4.79 Å². The fourth-order valence-corrected chi connectivity index (χ4v) is 4.39. The van der Waals surface area contributed by atoms with Gasteiger partial charge in [0.25, 0.3) is 0 Å². The number of nitrogens with zero attached hydrogens (tertiary/aromatic N) is 1. The van der Waals surface area contributed by atoms with Crippen LogP contribution in [0.5, 0.6) is 17.2 Å². The van der Waals surface area contributed by atoms with Crippen molar-refractivity contribution in [1.29, 1.82) is 0 Å². The van der Waals surface area contributed by atoms with Crippen LogP contribution in [0.15, 0.2) is 48.7 Å². The first-order chi connectivity index (χ1) is 19.1. The van der Waals surface area contributed by atoms with E-state index in [4.69, 9.17) is 23.7 Å². The lowest BCUT2D eigenvalue weighted by molar-refractivity contribution is -0.156. The van der Waals surface area contributed by atoms with Crippen molar-refractivity contribution in [2.24, 2.45) is 0 Å². The molecule has 7 heteroatoms. The summed E-state index contributed by atoms with van der Waals surface area (Å²) in [5.41, 5.74) is 2.70. The molecule has 7 nitrogen and oxygen atoms in total. The van der Waals surface area contributed by atoms with Crippen molar-refractivity contribution in [1.82, 2.24) is 4.98 Å². The summed E-state index contributed by atoms with van der Waals surface area (Å²) in [6.45, 7) is 7.62. The van der Waals surface area contributed by atoms with Crippen molar-refractivity contribution in [3.8, 4) is 17.2 Å². The molecule has 39 heavy (non-hydrogen) atoms. The maximum atomic E-state index is 12.2. The second-order valence-corrected chi connectivity index (χ2v) is 9.44. The van der Waals surface area contributed by atoms with Gasteiger partial charge in [-0.3, -0.25) is 4.98 Å². The van der Waals surface area contributed by atoms with Gasteiger partial charge in [0.15, 0.2) is 6.10 Å². The van der Waals surface area contributed by atoms with Crippen LogP contribution in [-0.2, 0) is 27.3 Å². The molecule has 0 aliphatic carbocycles. The molecule has 0 fully saturated rings. The minimum atomic E-state index is -0.617. The van der Waals surface area contributed by atoms with Crippen LogP contribution in [0.3, 0.4) is 0 Å². The van der Waals surface area contributed by atoms with Gasteiger partial charge in [-0.1, -0.05) is 51.2 Å². The Bertz CT molecular complexity index is 1150. The van der Waals surface area contributed by atoms with Crippen molar-refractivity contribution < 1.29 is 28.5 Å². The van der Waals surface area contributed by atoms with Crippen molar-refractivity contribution in [3.63, 3.8) is 0 Å². The van der Waals surface area contributed by atoms with E-state index in [-0.39, 0.29) is 5.97 Å². The predicted octanol–water partition coefficient (Wildman–Crippen LogP) is 7.07. The van der Waals surface area contributed by atoms with Crippen LogP contribution < -0.4 is 14.2 Å². The van der Waals surface area contributed by atoms with E-state index in [0.29, 0.717) is 32.8 Å². The number of rotatable bonds is 18. The van der Waals surface area contributed by atoms with Crippen LogP contribution in [0.1, 0.15) is 70.4 Å². The molecule has 0 aliphatic rings. The van der Waals surface area contributed by atoms with Crippen molar-refractivity contribution in [2.75, 3.05) is 26.9 Å². The number of unbranched alkanes of at least 4 members (excludes halogenated alkanes) is 5. The highest BCUT2D eigenvalue weighted by Crippen LogP contribution is 2.32. The van der Waals surface area contributed by atoms with Crippen LogP contribution in [-0.4, -0.2) is 44.0 Å². The summed E-state index contributed by atoms with van der Waals surface area (Å²) in [5.74, 6) is 1.93. The third-order valence-corrected chi connectivity index (χ3v) is 6.50. The van der Waals surface area contributed by atoms with E-state index >= 15 is 0 Å². The van der Waals surface area contributed by atoms with Crippen LogP contribution in [0.25, 0.3) is 10.9 Å². The summed E-state index contributed by atoms with van der Waals surface area (Å²) in [5, 5.41) is 0.915. The molecule has 1 heterocycles. The molecule has 0 N–H and O–H groups in total. The molecule has 0 radical (unpaired) electrons.